The van der Waals surface area contributed by atoms with Gasteiger partial charge in [0, 0.05) is 38.5 Å². The van der Waals surface area contributed by atoms with Crippen molar-refractivity contribution >= 4 is 82.5 Å². The first kappa shape index (κ1) is 31.3. The van der Waals surface area contributed by atoms with Gasteiger partial charge >= 0.3 is 0 Å². The van der Waals surface area contributed by atoms with Gasteiger partial charge in [-0.05, 0) is 97.9 Å². The summed E-state index contributed by atoms with van der Waals surface area (Å²) in [5.74, 6) is 0. The van der Waals surface area contributed by atoms with Crippen LogP contribution >= 0.6 is 0 Å². The maximum atomic E-state index is 7.16. The Morgan fingerprint density at radius 3 is 1.96 bits per heavy atom. The van der Waals surface area contributed by atoms with Crippen molar-refractivity contribution in [1.29, 1.82) is 0 Å². The molecular weight excluding hydrogens is 683 g/mol. The van der Waals surface area contributed by atoms with Gasteiger partial charge in [0.25, 0.3) is 0 Å². The molecule has 0 amide bonds. The number of furan rings is 2. The zero-order valence-corrected chi connectivity index (χ0v) is 31.0. The minimum atomic E-state index is -0.251. The molecule has 11 aromatic rings. The van der Waals surface area contributed by atoms with E-state index in [2.05, 4.69) is 183 Å². The zero-order chi connectivity index (χ0) is 37.1. The van der Waals surface area contributed by atoms with Crippen LogP contribution in [0.25, 0.3) is 87.7 Å². The van der Waals surface area contributed by atoms with E-state index in [1.165, 1.54) is 54.9 Å². The van der Waals surface area contributed by atoms with Gasteiger partial charge in [-0.1, -0.05) is 141 Å². The molecule has 0 atom stereocenters. The van der Waals surface area contributed by atoms with Gasteiger partial charge in [0.2, 0.25) is 0 Å². The van der Waals surface area contributed by atoms with E-state index in [9.17, 15) is 0 Å². The van der Waals surface area contributed by atoms with E-state index in [0.717, 1.165) is 60.9 Å². The molecule has 0 bridgehead atoms. The van der Waals surface area contributed by atoms with Crippen LogP contribution in [0.2, 0.25) is 0 Å². The van der Waals surface area contributed by atoms with Crippen molar-refractivity contribution in [2.45, 2.75) is 19.3 Å². The van der Waals surface area contributed by atoms with Crippen LogP contribution in [0, 0.1) is 0 Å². The standard InChI is InChI=1S/C53H35NO2/c1-53(2)42-25-13-24-37(36-23-12-16-32-15-6-7-19-35(32)36)48(42)50-51(53)39-21-9-8-20-38(39)47-41-31-34(29-30-45(41)56-52(47)50)54(33-17-4-3-5-18-33)43-26-14-28-46-49(43)40-22-10-11-27-44(40)55-46/h3-31H,1-2H3. The van der Waals surface area contributed by atoms with Crippen molar-refractivity contribution in [3.05, 3.63) is 187 Å². The van der Waals surface area contributed by atoms with Gasteiger partial charge in [-0.15, -0.1) is 0 Å². The van der Waals surface area contributed by atoms with E-state index in [-0.39, 0.29) is 5.41 Å². The van der Waals surface area contributed by atoms with E-state index in [0.29, 0.717) is 0 Å². The van der Waals surface area contributed by atoms with E-state index < -0.39 is 0 Å². The van der Waals surface area contributed by atoms with Gasteiger partial charge in [-0.2, -0.15) is 0 Å². The predicted octanol–water partition coefficient (Wildman–Crippen LogP) is 15.2. The van der Waals surface area contributed by atoms with Gasteiger partial charge < -0.3 is 13.7 Å². The molecule has 0 saturated heterocycles. The van der Waals surface area contributed by atoms with Gasteiger partial charge in [-0.25, -0.2) is 0 Å². The van der Waals surface area contributed by atoms with Crippen LogP contribution in [0.3, 0.4) is 0 Å². The molecule has 3 nitrogen and oxygen atoms in total. The number of nitrogens with zero attached hydrogens (tertiary/aromatic N) is 1. The Kier molecular flexibility index (Phi) is 6.40. The monoisotopic (exact) mass is 717 g/mol. The van der Waals surface area contributed by atoms with Crippen LogP contribution in [-0.2, 0) is 5.41 Å². The van der Waals surface area contributed by atoms with Crippen molar-refractivity contribution in [3.63, 3.8) is 0 Å². The molecular formula is C53H35NO2. The number of fused-ring (bicyclic) bond motifs is 14. The second kappa shape index (κ2) is 11.5. The number of hydrogen-bond acceptors (Lipinski definition) is 3. The molecule has 1 aliphatic carbocycles. The van der Waals surface area contributed by atoms with Crippen molar-refractivity contribution < 1.29 is 8.83 Å². The van der Waals surface area contributed by atoms with Crippen LogP contribution in [0.4, 0.5) is 17.1 Å². The molecule has 1 aliphatic rings. The van der Waals surface area contributed by atoms with Crippen LogP contribution < -0.4 is 4.90 Å². The Morgan fingerprint density at radius 2 is 1.09 bits per heavy atom. The Bertz CT molecular complexity index is 3400. The summed E-state index contributed by atoms with van der Waals surface area (Å²) in [7, 11) is 0. The highest BCUT2D eigenvalue weighted by Crippen LogP contribution is 2.59. The summed E-state index contributed by atoms with van der Waals surface area (Å²) in [6.45, 7) is 4.75. The highest BCUT2D eigenvalue weighted by Gasteiger charge is 2.41. The number of rotatable bonds is 4. The third kappa shape index (κ3) is 4.23. The van der Waals surface area contributed by atoms with Crippen molar-refractivity contribution in [3.8, 4) is 22.3 Å². The molecule has 3 heteroatoms. The molecule has 12 rings (SSSR count). The smallest absolute Gasteiger partial charge is 0.144 e. The van der Waals surface area contributed by atoms with Gasteiger partial charge in [0.1, 0.15) is 22.3 Å². The zero-order valence-electron chi connectivity index (χ0n) is 31.0. The van der Waals surface area contributed by atoms with Gasteiger partial charge in [0.15, 0.2) is 0 Å². The van der Waals surface area contributed by atoms with E-state index in [4.69, 9.17) is 8.83 Å². The highest BCUT2D eigenvalue weighted by molar-refractivity contribution is 6.26. The first-order chi connectivity index (χ1) is 27.6. The third-order valence-corrected chi connectivity index (χ3v) is 12.2. The predicted molar refractivity (Wildman–Crippen MR) is 234 cm³/mol. The summed E-state index contributed by atoms with van der Waals surface area (Å²) in [6, 6.07) is 63.1. The summed E-state index contributed by atoms with van der Waals surface area (Å²) in [5.41, 5.74) is 14.1. The van der Waals surface area contributed by atoms with Crippen LogP contribution in [0.5, 0.6) is 0 Å². The molecule has 0 saturated carbocycles. The number of benzene rings is 9. The Morgan fingerprint density at radius 1 is 0.429 bits per heavy atom. The fourth-order valence-corrected chi connectivity index (χ4v) is 9.83. The average Bonchev–Trinajstić information content (AvgIpc) is 3.89. The molecule has 0 radical (unpaired) electrons. The summed E-state index contributed by atoms with van der Waals surface area (Å²) in [6.07, 6.45) is 0. The number of hydrogen-bond donors (Lipinski definition) is 0. The quantitative estimate of drug-likeness (QED) is 0.182. The lowest BCUT2D eigenvalue weighted by atomic mass is 9.79. The molecule has 2 heterocycles. The van der Waals surface area contributed by atoms with Crippen molar-refractivity contribution in [2.75, 3.05) is 4.90 Å². The molecule has 264 valence electrons. The van der Waals surface area contributed by atoms with Gasteiger partial charge in [0.05, 0.1) is 11.1 Å². The second-order valence-electron chi connectivity index (χ2n) is 15.6. The Hall–Kier alpha value is -7.10. The molecule has 0 spiro atoms. The Labute approximate surface area is 323 Å². The fraction of sp³-hybridized carbons (Fsp3) is 0.0566. The minimum Gasteiger partial charge on any atom is -0.456 e. The first-order valence-corrected chi connectivity index (χ1v) is 19.4. The molecule has 9 aromatic carbocycles. The molecule has 0 N–H and O–H groups in total. The summed E-state index contributed by atoms with van der Waals surface area (Å²) in [4.78, 5) is 2.36. The highest BCUT2D eigenvalue weighted by atomic mass is 16.3. The maximum Gasteiger partial charge on any atom is 0.144 e. The van der Waals surface area contributed by atoms with Crippen LogP contribution in [0.1, 0.15) is 25.0 Å². The Balaban J connectivity index is 1.17. The molecule has 0 fully saturated rings. The van der Waals surface area contributed by atoms with Crippen LogP contribution in [0.15, 0.2) is 185 Å². The largest absolute Gasteiger partial charge is 0.456 e. The molecule has 0 aliphatic heterocycles. The second-order valence-corrected chi connectivity index (χ2v) is 15.6. The minimum absolute atomic E-state index is 0.251. The fourth-order valence-electron chi connectivity index (χ4n) is 9.83. The average molecular weight is 718 g/mol. The van der Waals surface area contributed by atoms with E-state index in [1.807, 2.05) is 12.1 Å². The topological polar surface area (TPSA) is 29.5 Å². The lowest BCUT2D eigenvalue weighted by Crippen LogP contribution is -2.15. The summed E-state index contributed by atoms with van der Waals surface area (Å²) < 4.78 is 13.6. The molecule has 0 unspecified atom stereocenters. The van der Waals surface area contributed by atoms with E-state index in [1.54, 1.807) is 0 Å². The molecule has 56 heavy (non-hydrogen) atoms. The normalized spacial score (nSPS) is 13.3. The summed E-state index contributed by atoms with van der Waals surface area (Å²) >= 11 is 0. The number of para-hydroxylation sites is 2. The molecule has 2 aromatic heterocycles. The third-order valence-electron chi connectivity index (χ3n) is 12.2. The summed E-state index contributed by atoms with van der Waals surface area (Å²) in [5, 5.41) is 9.39. The van der Waals surface area contributed by atoms with Gasteiger partial charge in [-0.3, -0.25) is 0 Å². The van der Waals surface area contributed by atoms with E-state index >= 15 is 0 Å². The SMILES string of the molecule is CC1(C)c2cccc(-c3cccc4ccccc34)c2-c2c1c1ccccc1c1c2oc2ccc(N(c3ccccc3)c3cccc4oc5ccccc5c34)cc21. The first-order valence-electron chi connectivity index (χ1n) is 19.4. The number of anilines is 3. The lowest BCUT2D eigenvalue weighted by molar-refractivity contribution is 0.658. The lowest BCUT2D eigenvalue weighted by Gasteiger charge is -2.26. The van der Waals surface area contributed by atoms with Crippen LogP contribution in [-0.4, -0.2) is 0 Å². The van der Waals surface area contributed by atoms with Crippen molar-refractivity contribution in [2.24, 2.45) is 0 Å². The maximum absolute atomic E-state index is 7.16. The van der Waals surface area contributed by atoms with Crippen molar-refractivity contribution in [1.82, 2.24) is 0 Å².